The third-order valence-electron chi connectivity index (χ3n) is 7.16. The molecule has 2 spiro atoms. The number of hydrogen-bond acceptors (Lipinski definition) is 5. The van der Waals surface area contributed by atoms with Crippen molar-refractivity contribution in [3.63, 3.8) is 0 Å². The maximum Gasteiger partial charge on any atom is 0.262 e. The Kier molecular flexibility index (Phi) is 6.16. The Labute approximate surface area is 191 Å². The van der Waals surface area contributed by atoms with Gasteiger partial charge in [0.25, 0.3) is 5.91 Å². The van der Waals surface area contributed by atoms with Gasteiger partial charge in [-0.3, -0.25) is 9.69 Å². The van der Waals surface area contributed by atoms with E-state index in [1.807, 2.05) is 17.9 Å². The van der Waals surface area contributed by atoms with Gasteiger partial charge in [-0.1, -0.05) is 31.7 Å². The lowest BCUT2D eigenvalue weighted by molar-refractivity contribution is -0.139. The molecule has 0 N–H and O–H groups in total. The fourth-order valence-corrected chi connectivity index (χ4v) is 6.79. The molecule has 3 aliphatic rings. The molecule has 31 heavy (non-hydrogen) atoms. The molecule has 1 saturated carbocycles. The van der Waals surface area contributed by atoms with Gasteiger partial charge in [0.1, 0.15) is 5.75 Å². The molecule has 2 aliphatic carbocycles. The Morgan fingerprint density at radius 3 is 2.52 bits per heavy atom. The number of methoxy groups -OCH3 is 1. The molecule has 0 bridgehead atoms. The molecular weight excluding hydrogens is 408 g/mol. The molecule has 1 amide bonds. The number of amidine groups is 1. The van der Waals surface area contributed by atoms with Gasteiger partial charge in [0, 0.05) is 23.8 Å². The highest BCUT2D eigenvalue weighted by Gasteiger charge is 2.67. The summed E-state index contributed by atoms with van der Waals surface area (Å²) in [5.41, 5.74) is 1.26. The van der Waals surface area contributed by atoms with Crippen LogP contribution in [0.1, 0.15) is 71.4 Å². The number of hydrogen-bond donors (Lipinski definition) is 0. The van der Waals surface area contributed by atoms with Crippen molar-refractivity contribution in [3.05, 3.63) is 29.3 Å². The van der Waals surface area contributed by atoms with E-state index in [-0.39, 0.29) is 23.5 Å². The maximum atomic E-state index is 14.3. The fourth-order valence-electron chi connectivity index (χ4n) is 5.78. The first-order valence-electron chi connectivity index (χ1n) is 11.7. The van der Waals surface area contributed by atoms with Crippen LogP contribution in [0.15, 0.2) is 23.2 Å². The number of nitrogens with zero attached hydrogens (tertiary/aromatic N) is 2. The Morgan fingerprint density at radius 2 is 1.94 bits per heavy atom. The van der Waals surface area contributed by atoms with Crippen LogP contribution in [0.2, 0.25) is 0 Å². The zero-order chi connectivity index (χ0) is 22.4. The van der Waals surface area contributed by atoms with Gasteiger partial charge in [-0.2, -0.15) is 0 Å². The van der Waals surface area contributed by atoms with E-state index in [4.69, 9.17) is 14.5 Å². The summed E-state index contributed by atoms with van der Waals surface area (Å²) in [5.74, 6) is 0.973. The molecule has 0 radical (unpaired) electrons. The van der Waals surface area contributed by atoms with Crippen LogP contribution in [-0.2, 0) is 21.5 Å². The van der Waals surface area contributed by atoms with Crippen LogP contribution in [0, 0.1) is 5.41 Å². The lowest BCUT2D eigenvalue weighted by atomic mass is 9.61. The molecule has 0 saturated heterocycles. The standard InChI is InChI=1S/C25H36N2O3S/c1-7-30-20-9-8-18-15-24(12-10-19(29-6)11-13-24)25(21(18)14-20)22(28)27(16(2)3)23(26-25)31-17(4)5/h8-9,14,16-17,19H,7,10-13,15H2,1-6H3. The number of ether oxygens (including phenoxy) is 2. The predicted molar refractivity (Wildman–Crippen MR) is 127 cm³/mol. The quantitative estimate of drug-likeness (QED) is 0.629. The molecule has 1 aromatic rings. The van der Waals surface area contributed by atoms with Gasteiger partial charge >= 0.3 is 0 Å². The first kappa shape index (κ1) is 22.7. The number of fused-ring (bicyclic) bond motifs is 3. The van der Waals surface area contributed by atoms with Crippen LogP contribution in [0.3, 0.4) is 0 Å². The first-order chi connectivity index (χ1) is 14.8. The molecule has 4 rings (SSSR count). The van der Waals surface area contributed by atoms with Crippen molar-refractivity contribution in [3.8, 4) is 5.75 Å². The van der Waals surface area contributed by atoms with Crippen molar-refractivity contribution < 1.29 is 14.3 Å². The minimum Gasteiger partial charge on any atom is -0.494 e. The molecule has 1 fully saturated rings. The Hall–Kier alpha value is -1.53. The van der Waals surface area contributed by atoms with E-state index in [9.17, 15) is 4.79 Å². The van der Waals surface area contributed by atoms with E-state index in [0.29, 0.717) is 11.9 Å². The number of rotatable bonds is 5. The number of carbonyl (C=O) groups excluding carboxylic acids is 1. The normalized spacial score (nSPS) is 30.1. The second-order valence-electron chi connectivity index (χ2n) is 9.68. The topological polar surface area (TPSA) is 51.1 Å². The summed E-state index contributed by atoms with van der Waals surface area (Å²) in [6.07, 6.45) is 5.02. The number of thioether (sulfide) groups is 1. The lowest BCUT2D eigenvalue weighted by Gasteiger charge is -2.45. The molecule has 5 nitrogen and oxygen atoms in total. The summed E-state index contributed by atoms with van der Waals surface area (Å²) in [7, 11) is 1.80. The SMILES string of the molecule is CCOc1ccc2c(c1)C1(N=C(SC(C)C)N(C(C)C)C1=O)C1(CCC(OC)CC1)C2. The van der Waals surface area contributed by atoms with Gasteiger partial charge in [0.05, 0.1) is 12.7 Å². The van der Waals surface area contributed by atoms with Gasteiger partial charge in [0.2, 0.25) is 0 Å². The second-order valence-corrected chi connectivity index (χ2v) is 11.2. The Morgan fingerprint density at radius 1 is 1.23 bits per heavy atom. The highest BCUT2D eigenvalue weighted by molar-refractivity contribution is 8.14. The molecule has 6 heteroatoms. The van der Waals surface area contributed by atoms with Crippen molar-refractivity contribution in [2.24, 2.45) is 10.4 Å². The van der Waals surface area contributed by atoms with E-state index in [2.05, 4.69) is 39.8 Å². The Balaban J connectivity index is 1.89. The highest BCUT2D eigenvalue weighted by atomic mass is 32.2. The molecular formula is C25H36N2O3S. The van der Waals surface area contributed by atoms with Crippen molar-refractivity contribution in [2.45, 2.75) is 89.7 Å². The van der Waals surface area contributed by atoms with Gasteiger partial charge in [-0.25, -0.2) is 4.99 Å². The van der Waals surface area contributed by atoms with Gasteiger partial charge in [-0.05, 0) is 76.1 Å². The van der Waals surface area contributed by atoms with Crippen LogP contribution in [0.4, 0.5) is 0 Å². The average molecular weight is 445 g/mol. The monoisotopic (exact) mass is 444 g/mol. The highest BCUT2D eigenvalue weighted by Crippen LogP contribution is 2.63. The van der Waals surface area contributed by atoms with E-state index >= 15 is 0 Å². The van der Waals surface area contributed by atoms with Gasteiger partial charge < -0.3 is 9.47 Å². The van der Waals surface area contributed by atoms with Crippen LogP contribution in [0.25, 0.3) is 0 Å². The number of aliphatic imine (C=N–C) groups is 1. The second kappa shape index (κ2) is 8.43. The van der Waals surface area contributed by atoms with E-state index in [0.717, 1.165) is 48.6 Å². The van der Waals surface area contributed by atoms with Crippen LogP contribution >= 0.6 is 11.8 Å². The van der Waals surface area contributed by atoms with Crippen molar-refractivity contribution in [1.82, 2.24) is 4.90 Å². The zero-order valence-electron chi connectivity index (χ0n) is 19.7. The van der Waals surface area contributed by atoms with E-state index in [1.165, 1.54) is 5.56 Å². The average Bonchev–Trinajstić information content (AvgIpc) is 3.15. The molecule has 1 aromatic carbocycles. The minimum atomic E-state index is -0.852. The summed E-state index contributed by atoms with van der Waals surface area (Å²) >= 11 is 1.70. The van der Waals surface area contributed by atoms with Crippen molar-refractivity contribution in [2.75, 3.05) is 13.7 Å². The summed E-state index contributed by atoms with van der Waals surface area (Å²) in [4.78, 5) is 21.7. The molecule has 1 atom stereocenters. The third kappa shape index (κ3) is 3.50. The van der Waals surface area contributed by atoms with Gasteiger partial charge in [-0.15, -0.1) is 0 Å². The number of amides is 1. The first-order valence-corrected chi connectivity index (χ1v) is 12.5. The molecule has 1 heterocycles. The summed E-state index contributed by atoms with van der Waals surface area (Å²) < 4.78 is 11.5. The van der Waals surface area contributed by atoms with E-state index in [1.54, 1.807) is 18.9 Å². The van der Waals surface area contributed by atoms with E-state index < -0.39 is 5.54 Å². The fraction of sp³-hybridized carbons (Fsp3) is 0.680. The number of carbonyl (C=O) groups is 1. The van der Waals surface area contributed by atoms with Crippen molar-refractivity contribution in [1.29, 1.82) is 0 Å². The van der Waals surface area contributed by atoms with Crippen molar-refractivity contribution >= 4 is 22.8 Å². The zero-order valence-corrected chi connectivity index (χ0v) is 20.6. The molecule has 1 aliphatic heterocycles. The Bertz CT molecular complexity index is 874. The third-order valence-corrected chi connectivity index (χ3v) is 8.13. The predicted octanol–water partition coefficient (Wildman–Crippen LogP) is 5.16. The number of benzene rings is 1. The largest absolute Gasteiger partial charge is 0.494 e. The molecule has 170 valence electrons. The summed E-state index contributed by atoms with van der Waals surface area (Å²) in [6, 6.07) is 6.38. The minimum absolute atomic E-state index is 0.0726. The maximum absolute atomic E-state index is 14.3. The van der Waals surface area contributed by atoms with Crippen LogP contribution in [-0.4, -0.2) is 47.1 Å². The van der Waals surface area contributed by atoms with Crippen LogP contribution in [0.5, 0.6) is 5.75 Å². The summed E-state index contributed by atoms with van der Waals surface area (Å²) in [5, 5.41) is 1.23. The van der Waals surface area contributed by atoms with Crippen LogP contribution < -0.4 is 4.74 Å². The summed E-state index contributed by atoms with van der Waals surface area (Å²) in [6.45, 7) is 11.1. The molecule has 0 aromatic heterocycles. The smallest absolute Gasteiger partial charge is 0.262 e. The lowest BCUT2D eigenvalue weighted by Crippen LogP contribution is -2.52. The van der Waals surface area contributed by atoms with Gasteiger partial charge in [0.15, 0.2) is 10.7 Å². The molecule has 1 unspecified atom stereocenters.